The SMILES string of the molecule is CC(c1ccc(O)cc1)(c1ccc(O)cc1)c1ccc(CCCc2ccc(O)cc2)cc1. The quantitative estimate of drug-likeness (QED) is 0.304. The lowest BCUT2D eigenvalue weighted by atomic mass is 9.71. The molecule has 0 unspecified atom stereocenters. The summed E-state index contributed by atoms with van der Waals surface area (Å²) in [5.41, 5.74) is 5.38. The van der Waals surface area contributed by atoms with Crippen LogP contribution in [0.3, 0.4) is 0 Å². The van der Waals surface area contributed by atoms with E-state index in [2.05, 4.69) is 31.2 Å². The molecule has 3 nitrogen and oxygen atoms in total. The van der Waals surface area contributed by atoms with E-state index in [-0.39, 0.29) is 11.5 Å². The van der Waals surface area contributed by atoms with Gasteiger partial charge in [-0.2, -0.15) is 0 Å². The zero-order valence-electron chi connectivity index (χ0n) is 18.2. The largest absolute Gasteiger partial charge is 0.508 e. The molecule has 0 spiro atoms. The van der Waals surface area contributed by atoms with Crippen LogP contribution in [0, 0.1) is 0 Å². The van der Waals surface area contributed by atoms with Crippen molar-refractivity contribution in [3.05, 3.63) is 125 Å². The Hall–Kier alpha value is -3.72. The monoisotopic (exact) mass is 424 g/mol. The highest BCUT2D eigenvalue weighted by atomic mass is 16.3. The third-order valence-corrected chi connectivity index (χ3v) is 6.29. The summed E-state index contributed by atoms with van der Waals surface area (Å²) in [6, 6.07) is 30.8. The van der Waals surface area contributed by atoms with Crippen LogP contribution in [0.15, 0.2) is 97.1 Å². The van der Waals surface area contributed by atoms with Gasteiger partial charge in [0, 0.05) is 5.41 Å². The number of benzene rings is 4. The van der Waals surface area contributed by atoms with Gasteiger partial charge in [0.1, 0.15) is 17.2 Å². The summed E-state index contributed by atoms with van der Waals surface area (Å²) in [5.74, 6) is 0.784. The lowest BCUT2D eigenvalue weighted by Crippen LogP contribution is -2.25. The second-order valence-electron chi connectivity index (χ2n) is 8.44. The second-order valence-corrected chi connectivity index (χ2v) is 8.44. The second kappa shape index (κ2) is 9.19. The molecule has 3 N–H and O–H groups in total. The third-order valence-electron chi connectivity index (χ3n) is 6.29. The van der Waals surface area contributed by atoms with Crippen LogP contribution < -0.4 is 0 Å². The lowest BCUT2D eigenvalue weighted by Gasteiger charge is -2.32. The van der Waals surface area contributed by atoms with Gasteiger partial charge in [-0.25, -0.2) is 0 Å². The molecule has 0 radical (unpaired) electrons. The molecule has 0 saturated heterocycles. The number of aromatic hydroxyl groups is 3. The van der Waals surface area contributed by atoms with Crippen molar-refractivity contribution in [2.75, 3.05) is 0 Å². The molecule has 162 valence electrons. The smallest absolute Gasteiger partial charge is 0.115 e. The molecular formula is C29H28O3. The van der Waals surface area contributed by atoms with Crippen LogP contribution in [-0.2, 0) is 18.3 Å². The Kier molecular flexibility index (Phi) is 6.18. The van der Waals surface area contributed by atoms with Crippen molar-refractivity contribution in [1.29, 1.82) is 0 Å². The summed E-state index contributed by atoms with van der Waals surface area (Å²) in [4.78, 5) is 0. The number of rotatable bonds is 7. The highest BCUT2D eigenvalue weighted by Gasteiger charge is 2.31. The first kappa shape index (κ1) is 21.5. The third kappa shape index (κ3) is 4.62. The van der Waals surface area contributed by atoms with Crippen LogP contribution in [0.25, 0.3) is 0 Å². The van der Waals surface area contributed by atoms with Gasteiger partial charge in [-0.1, -0.05) is 60.7 Å². The van der Waals surface area contributed by atoms with Gasteiger partial charge in [0.05, 0.1) is 0 Å². The van der Waals surface area contributed by atoms with Crippen LogP contribution >= 0.6 is 0 Å². The van der Waals surface area contributed by atoms with E-state index in [9.17, 15) is 15.3 Å². The first-order valence-electron chi connectivity index (χ1n) is 10.9. The van der Waals surface area contributed by atoms with E-state index in [1.54, 1.807) is 36.4 Å². The number of aryl methyl sites for hydroxylation is 2. The van der Waals surface area contributed by atoms with Gasteiger partial charge in [-0.3, -0.25) is 0 Å². The van der Waals surface area contributed by atoms with Crippen LogP contribution in [0.4, 0.5) is 0 Å². The molecule has 32 heavy (non-hydrogen) atoms. The molecule has 0 atom stereocenters. The van der Waals surface area contributed by atoms with Crippen molar-refractivity contribution in [2.24, 2.45) is 0 Å². The van der Waals surface area contributed by atoms with Crippen molar-refractivity contribution in [1.82, 2.24) is 0 Å². The Morgan fingerprint density at radius 3 is 1.12 bits per heavy atom. The van der Waals surface area contributed by atoms with Crippen LogP contribution in [0.1, 0.15) is 41.2 Å². The average molecular weight is 425 g/mol. The van der Waals surface area contributed by atoms with E-state index < -0.39 is 5.41 Å². The van der Waals surface area contributed by atoms with Gasteiger partial charge in [0.15, 0.2) is 0 Å². The first-order chi connectivity index (χ1) is 15.4. The molecule has 0 heterocycles. The topological polar surface area (TPSA) is 60.7 Å². The van der Waals surface area contributed by atoms with Crippen molar-refractivity contribution in [3.8, 4) is 17.2 Å². The Morgan fingerprint density at radius 2 is 0.750 bits per heavy atom. The van der Waals surface area contributed by atoms with Crippen molar-refractivity contribution in [2.45, 2.75) is 31.6 Å². The summed E-state index contributed by atoms with van der Waals surface area (Å²) in [6.07, 6.45) is 2.99. The Morgan fingerprint density at radius 1 is 0.469 bits per heavy atom. The normalized spacial score (nSPS) is 11.4. The number of hydrogen-bond acceptors (Lipinski definition) is 3. The van der Waals surface area contributed by atoms with E-state index in [0.29, 0.717) is 5.75 Å². The van der Waals surface area contributed by atoms with Gasteiger partial charge in [-0.15, -0.1) is 0 Å². The molecule has 3 heteroatoms. The van der Waals surface area contributed by atoms with Crippen LogP contribution in [-0.4, -0.2) is 15.3 Å². The van der Waals surface area contributed by atoms with Gasteiger partial charge >= 0.3 is 0 Å². The molecule has 4 aromatic rings. The van der Waals surface area contributed by atoms with Gasteiger partial charge < -0.3 is 15.3 Å². The zero-order valence-corrected chi connectivity index (χ0v) is 18.2. The summed E-state index contributed by atoms with van der Waals surface area (Å²) in [6.45, 7) is 2.17. The van der Waals surface area contributed by atoms with E-state index in [1.165, 1.54) is 11.1 Å². The number of hydrogen-bond donors (Lipinski definition) is 3. The molecule has 4 rings (SSSR count). The predicted molar refractivity (Wildman–Crippen MR) is 128 cm³/mol. The van der Waals surface area contributed by atoms with E-state index >= 15 is 0 Å². The zero-order chi connectivity index (χ0) is 22.6. The van der Waals surface area contributed by atoms with Crippen LogP contribution in [0.2, 0.25) is 0 Å². The van der Waals surface area contributed by atoms with E-state index in [4.69, 9.17) is 0 Å². The molecule has 4 aromatic carbocycles. The molecule has 0 fully saturated rings. The standard InChI is InChI=1S/C29H28O3/c1-29(24-11-17-27(31)18-12-24,25-13-19-28(32)20-14-25)23-9-5-21(6-10-23)3-2-4-22-7-15-26(30)16-8-22/h5-20,30-32H,2-4H2,1H3. The summed E-state index contributed by atoms with van der Waals surface area (Å²) < 4.78 is 0. The molecule has 0 bridgehead atoms. The maximum atomic E-state index is 9.77. The minimum Gasteiger partial charge on any atom is -0.508 e. The van der Waals surface area contributed by atoms with Crippen molar-refractivity contribution < 1.29 is 15.3 Å². The first-order valence-corrected chi connectivity index (χ1v) is 10.9. The molecule has 0 aliphatic heterocycles. The molecule has 0 aliphatic rings. The fraction of sp³-hybridized carbons (Fsp3) is 0.172. The summed E-state index contributed by atoms with van der Waals surface area (Å²) in [7, 11) is 0. The lowest BCUT2D eigenvalue weighted by molar-refractivity contribution is 0.474. The van der Waals surface area contributed by atoms with Crippen LogP contribution in [0.5, 0.6) is 17.2 Å². The Labute approximate surface area is 189 Å². The maximum absolute atomic E-state index is 9.77. The fourth-order valence-electron chi connectivity index (χ4n) is 4.25. The highest BCUT2D eigenvalue weighted by molar-refractivity contribution is 5.51. The Balaban J connectivity index is 1.57. The van der Waals surface area contributed by atoms with Crippen molar-refractivity contribution >= 4 is 0 Å². The molecule has 0 aromatic heterocycles. The van der Waals surface area contributed by atoms with E-state index in [1.807, 2.05) is 36.4 Å². The number of phenolic OH excluding ortho intramolecular Hbond substituents is 3. The minimum atomic E-state index is -0.425. The minimum absolute atomic E-state index is 0.241. The number of phenols is 3. The maximum Gasteiger partial charge on any atom is 0.115 e. The predicted octanol–water partition coefficient (Wildman–Crippen LogP) is 6.33. The van der Waals surface area contributed by atoms with Crippen molar-refractivity contribution in [3.63, 3.8) is 0 Å². The fourth-order valence-corrected chi connectivity index (χ4v) is 4.25. The van der Waals surface area contributed by atoms with Gasteiger partial charge in [0.2, 0.25) is 0 Å². The molecule has 0 aliphatic carbocycles. The van der Waals surface area contributed by atoms with Gasteiger partial charge in [0.25, 0.3) is 0 Å². The molecule has 0 saturated carbocycles. The molecule has 0 amide bonds. The highest BCUT2D eigenvalue weighted by Crippen LogP contribution is 2.40. The Bertz CT molecular complexity index is 1100. The van der Waals surface area contributed by atoms with E-state index in [0.717, 1.165) is 36.0 Å². The van der Waals surface area contributed by atoms with Gasteiger partial charge in [-0.05, 0) is 90.4 Å². The summed E-state index contributed by atoms with van der Waals surface area (Å²) >= 11 is 0. The summed E-state index contributed by atoms with van der Waals surface area (Å²) in [5, 5.41) is 29.0. The average Bonchev–Trinajstić information content (AvgIpc) is 2.81. The molecular weight excluding hydrogens is 396 g/mol.